The molecule has 0 bridgehead atoms. The van der Waals surface area contributed by atoms with Crippen LogP contribution in [0.1, 0.15) is 25.6 Å². The molecule has 2 N–H and O–H groups in total. The quantitative estimate of drug-likeness (QED) is 0.860. The summed E-state index contributed by atoms with van der Waals surface area (Å²) in [7, 11) is 2.03. The fourth-order valence-corrected chi connectivity index (χ4v) is 2.11. The number of hydrogen-bond donors (Lipinski definition) is 1. The largest absolute Gasteiger partial charge is 0.492 e. The Bertz CT molecular complexity index is 500. The maximum atomic E-state index is 5.94. The van der Waals surface area contributed by atoms with Gasteiger partial charge in [-0.15, -0.1) is 0 Å². The van der Waals surface area contributed by atoms with Gasteiger partial charge in [0.25, 0.3) is 0 Å². The molecule has 0 aliphatic carbocycles. The number of rotatable bonds is 3. The average molecular weight is 218 g/mol. The van der Waals surface area contributed by atoms with Crippen LogP contribution in [0.25, 0.3) is 10.9 Å². The third-order valence-corrected chi connectivity index (χ3v) is 2.82. The Balaban J connectivity index is 2.67. The van der Waals surface area contributed by atoms with E-state index in [4.69, 9.17) is 10.5 Å². The minimum atomic E-state index is 0.0341. The van der Waals surface area contributed by atoms with Gasteiger partial charge in [0.15, 0.2) is 0 Å². The number of benzene rings is 1. The zero-order chi connectivity index (χ0) is 11.7. The summed E-state index contributed by atoms with van der Waals surface area (Å²) in [6.45, 7) is 4.67. The predicted octanol–water partition coefficient (Wildman–Crippen LogP) is 2.60. The highest BCUT2D eigenvalue weighted by Crippen LogP contribution is 2.29. The van der Waals surface area contributed by atoms with Crippen LogP contribution in [-0.4, -0.2) is 11.2 Å². The number of aryl methyl sites for hydroxylation is 1. The Morgan fingerprint density at radius 2 is 2.19 bits per heavy atom. The molecule has 1 atom stereocenters. The molecule has 0 aliphatic rings. The molecule has 1 unspecified atom stereocenters. The van der Waals surface area contributed by atoms with Gasteiger partial charge in [0.05, 0.1) is 12.1 Å². The first kappa shape index (κ1) is 11.0. The fourth-order valence-electron chi connectivity index (χ4n) is 2.11. The van der Waals surface area contributed by atoms with Crippen LogP contribution in [0.4, 0.5) is 0 Å². The molecule has 0 radical (unpaired) electrons. The first-order chi connectivity index (χ1) is 7.65. The van der Waals surface area contributed by atoms with E-state index in [2.05, 4.69) is 16.7 Å². The van der Waals surface area contributed by atoms with E-state index in [0.29, 0.717) is 6.61 Å². The molecule has 1 aromatic heterocycles. The van der Waals surface area contributed by atoms with E-state index in [-0.39, 0.29) is 6.04 Å². The van der Waals surface area contributed by atoms with Crippen molar-refractivity contribution in [3.63, 3.8) is 0 Å². The van der Waals surface area contributed by atoms with Crippen molar-refractivity contribution < 1.29 is 4.74 Å². The van der Waals surface area contributed by atoms with Crippen LogP contribution in [0.15, 0.2) is 24.3 Å². The van der Waals surface area contributed by atoms with Crippen LogP contribution in [0.3, 0.4) is 0 Å². The molecule has 0 fully saturated rings. The van der Waals surface area contributed by atoms with Gasteiger partial charge in [-0.3, -0.25) is 0 Å². The maximum absolute atomic E-state index is 5.94. The number of ether oxygens (including phenoxy) is 1. The third kappa shape index (κ3) is 1.67. The van der Waals surface area contributed by atoms with Crippen LogP contribution in [0.5, 0.6) is 5.75 Å². The number of hydrogen-bond acceptors (Lipinski definition) is 2. The number of nitrogens with zero attached hydrogens (tertiary/aromatic N) is 1. The minimum Gasteiger partial charge on any atom is -0.492 e. The summed E-state index contributed by atoms with van der Waals surface area (Å²) in [6.07, 6.45) is 0. The summed E-state index contributed by atoms with van der Waals surface area (Å²) >= 11 is 0. The highest BCUT2D eigenvalue weighted by molar-refractivity contribution is 5.87. The molecule has 1 aromatic carbocycles. The Labute approximate surface area is 95.8 Å². The van der Waals surface area contributed by atoms with Gasteiger partial charge < -0.3 is 15.0 Å². The molecule has 0 aliphatic heterocycles. The van der Waals surface area contributed by atoms with Gasteiger partial charge in [-0.25, -0.2) is 0 Å². The minimum absolute atomic E-state index is 0.0341. The van der Waals surface area contributed by atoms with E-state index in [0.717, 1.165) is 17.0 Å². The molecular formula is C13H18N2O. The summed E-state index contributed by atoms with van der Waals surface area (Å²) in [4.78, 5) is 0. The molecule has 16 heavy (non-hydrogen) atoms. The standard InChI is InChI=1S/C13H18N2O/c1-4-16-12-7-5-6-10-8-11(9(2)14)15(3)13(10)12/h5-9H,4,14H2,1-3H3. The molecule has 0 spiro atoms. The highest BCUT2D eigenvalue weighted by Gasteiger charge is 2.12. The van der Waals surface area contributed by atoms with Crippen molar-refractivity contribution in [1.82, 2.24) is 4.57 Å². The van der Waals surface area contributed by atoms with Crippen molar-refractivity contribution in [3.8, 4) is 5.75 Å². The second-order valence-electron chi connectivity index (χ2n) is 4.04. The van der Waals surface area contributed by atoms with Gasteiger partial charge in [0.2, 0.25) is 0 Å². The second kappa shape index (κ2) is 4.18. The van der Waals surface area contributed by atoms with Crippen LogP contribution in [0, 0.1) is 0 Å². The smallest absolute Gasteiger partial charge is 0.143 e. The van der Waals surface area contributed by atoms with Crippen molar-refractivity contribution in [3.05, 3.63) is 30.0 Å². The number of para-hydroxylation sites is 1. The highest BCUT2D eigenvalue weighted by atomic mass is 16.5. The van der Waals surface area contributed by atoms with E-state index in [9.17, 15) is 0 Å². The van der Waals surface area contributed by atoms with Crippen LogP contribution in [0.2, 0.25) is 0 Å². The van der Waals surface area contributed by atoms with Crippen LogP contribution in [-0.2, 0) is 7.05 Å². The summed E-state index contributed by atoms with van der Waals surface area (Å²) in [6, 6.07) is 8.26. The van der Waals surface area contributed by atoms with Gasteiger partial charge in [-0.2, -0.15) is 0 Å². The fraction of sp³-hybridized carbons (Fsp3) is 0.385. The Hall–Kier alpha value is -1.48. The van der Waals surface area contributed by atoms with E-state index in [1.807, 2.05) is 33.0 Å². The molecule has 0 saturated carbocycles. The van der Waals surface area contributed by atoms with Crippen LogP contribution < -0.4 is 10.5 Å². The molecule has 2 rings (SSSR count). The number of fused-ring (bicyclic) bond motifs is 1. The lowest BCUT2D eigenvalue weighted by Crippen LogP contribution is -2.09. The molecular weight excluding hydrogens is 200 g/mol. The van der Waals surface area contributed by atoms with Gasteiger partial charge in [0.1, 0.15) is 5.75 Å². The zero-order valence-corrected chi connectivity index (χ0v) is 10.0. The zero-order valence-electron chi connectivity index (χ0n) is 10.0. The van der Waals surface area contributed by atoms with E-state index in [1.54, 1.807) is 0 Å². The summed E-state index contributed by atoms with van der Waals surface area (Å²) in [5.41, 5.74) is 8.19. The van der Waals surface area contributed by atoms with Crippen molar-refractivity contribution in [2.45, 2.75) is 19.9 Å². The van der Waals surface area contributed by atoms with Crippen LogP contribution >= 0.6 is 0 Å². The van der Waals surface area contributed by atoms with E-state index < -0.39 is 0 Å². The van der Waals surface area contributed by atoms with Crippen molar-refractivity contribution in [2.24, 2.45) is 12.8 Å². The lowest BCUT2D eigenvalue weighted by Gasteiger charge is -2.10. The lowest BCUT2D eigenvalue weighted by molar-refractivity contribution is 0.343. The lowest BCUT2D eigenvalue weighted by atomic mass is 10.2. The third-order valence-electron chi connectivity index (χ3n) is 2.82. The Kier molecular flexibility index (Phi) is 2.88. The van der Waals surface area contributed by atoms with E-state index >= 15 is 0 Å². The number of aromatic nitrogens is 1. The summed E-state index contributed by atoms with van der Waals surface area (Å²) in [5, 5.41) is 1.18. The molecule has 1 heterocycles. The first-order valence-corrected chi connectivity index (χ1v) is 5.62. The van der Waals surface area contributed by atoms with Gasteiger partial charge in [0, 0.05) is 24.2 Å². The number of nitrogens with two attached hydrogens (primary N) is 1. The summed E-state index contributed by atoms with van der Waals surface area (Å²) < 4.78 is 7.75. The normalized spacial score (nSPS) is 13.0. The predicted molar refractivity (Wildman–Crippen MR) is 66.7 cm³/mol. The maximum Gasteiger partial charge on any atom is 0.143 e. The second-order valence-corrected chi connectivity index (χ2v) is 4.04. The molecule has 3 nitrogen and oxygen atoms in total. The molecule has 0 amide bonds. The SMILES string of the molecule is CCOc1cccc2cc(C(C)N)n(C)c12. The van der Waals surface area contributed by atoms with Crippen molar-refractivity contribution in [1.29, 1.82) is 0 Å². The van der Waals surface area contributed by atoms with Gasteiger partial charge in [-0.1, -0.05) is 12.1 Å². The topological polar surface area (TPSA) is 40.2 Å². The van der Waals surface area contributed by atoms with Gasteiger partial charge in [-0.05, 0) is 26.0 Å². The van der Waals surface area contributed by atoms with Gasteiger partial charge >= 0.3 is 0 Å². The average Bonchev–Trinajstić information content (AvgIpc) is 2.58. The molecule has 3 heteroatoms. The van der Waals surface area contributed by atoms with E-state index in [1.165, 1.54) is 5.39 Å². The summed E-state index contributed by atoms with van der Waals surface area (Å²) in [5.74, 6) is 0.925. The molecule has 2 aromatic rings. The Morgan fingerprint density at radius 1 is 1.44 bits per heavy atom. The van der Waals surface area contributed by atoms with Crippen molar-refractivity contribution in [2.75, 3.05) is 6.61 Å². The Morgan fingerprint density at radius 3 is 2.81 bits per heavy atom. The van der Waals surface area contributed by atoms with Crippen molar-refractivity contribution >= 4 is 10.9 Å². The molecule has 0 saturated heterocycles. The molecule has 86 valence electrons. The first-order valence-electron chi connectivity index (χ1n) is 5.62. The monoisotopic (exact) mass is 218 g/mol.